The molecule has 0 aliphatic carbocycles. The predicted octanol–water partition coefficient (Wildman–Crippen LogP) is 4.06. The van der Waals surface area contributed by atoms with Gasteiger partial charge in [-0.2, -0.15) is 5.26 Å². The first-order chi connectivity index (χ1) is 15.1. The number of carbonyl (C=O) groups is 3. The van der Waals surface area contributed by atoms with E-state index in [9.17, 15) is 19.6 Å². The highest BCUT2D eigenvalue weighted by Crippen LogP contribution is 2.30. The maximum absolute atomic E-state index is 13.1. The highest BCUT2D eigenvalue weighted by Gasteiger charge is 2.39. The molecule has 32 heavy (non-hydrogen) atoms. The molecule has 0 radical (unpaired) electrons. The van der Waals surface area contributed by atoms with Crippen LogP contribution in [0.25, 0.3) is 0 Å². The Kier molecular flexibility index (Phi) is 6.94. The summed E-state index contributed by atoms with van der Waals surface area (Å²) in [6.45, 7) is 3.80. The number of nitriles is 1. The Morgan fingerprint density at radius 2 is 1.94 bits per heavy atom. The van der Waals surface area contributed by atoms with Crippen LogP contribution in [-0.2, 0) is 14.4 Å². The van der Waals surface area contributed by atoms with Crippen LogP contribution in [0.2, 0.25) is 10.0 Å². The zero-order chi connectivity index (χ0) is 23.6. The second-order valence-corrected chi connectivity index (χ2v) is 8.13. The van der Waals surface area contributed by atoms with E-state index in [1.54, 1.807) is 24.3 Å². The SMILES string of the molecule is Cc1ccc(N2C(=O)[C@H](/C=C(\C#N)C(=O)Nc3cccc(Cl)c3Cl)C(=O)NC2=S)cc1C. The van der Waals surface area contributed by atoms with Crippen molar-refractivity contribution in [2.24, 2.45) is 5.92 Å². The van der Waals surface area contributed by atoms with Gasteiger partial charge in [0, 0.05) is 0 Å². The van der Waals surface area contributed by atoms with Gasteiger partial charge in [-0.05, 0) is 67.5 Å². The Morgan fingerprint density at radius 3 is 2.59 bits per heavy atom. The van der Waals surface area contributed by atoms with Crippen molar-refractivity contribution in [3.05, 3.63) is 69.2 Å². The molecule has 0 saturated carbocycles. The molecule has 2 aromatic rings. The summed E-state index contributed by atoms with van der Waals surface area (Å²) in [5, 5.41) is 14.6. The number of rotatable bonds is 4. The van der Waals surface area contributed by atoms with E-state index in [2.05, 4.69) is 10.6 Å². The maximum atomic E-state index is 13.1. The van der Waals surface area contributed by atoms with E-state index < -0.39 is 29.2 Å². The normalized spacial score (nSPS) is 16.5. The van der Waals surface area contributed by atoms with Gasteiger partial charge in [-0.15, -0.1) is 0 Å². The summed E-state index contributed by atoms with van der Waals surface area (Å²) in [5.74, 6) is -3.69. The van der Waals surface area contributed by atoms with Gasteiger partial charge in [-0.25, -0.2) is 0 Å². The first-order valence-corrected chi connectivity index (χ1v) is 10.4. The first kappa shape index (κ1) is 23.4. The number of hydrogen-bond donors (Lipinski definition) is 2. The van der Waals surface area contributed by atoms with Gasteiger partial charge in [0.15, 0.2) is 5.11 Å². The molecule has 3 rings (SSSR count). The maximum Gasteiger partial charge on any atom is 0.266 e. The third-order valence-corrected chi connectivity index (χ3v) is 5.95. The zero-order valence-corrected chi connectivity index (χ0v) is 19.2. The fourth-order valence-corrected chi connectivity index (χ4v) is 3.61. The smallest absolute Gasteiger partial charge is 0.266 e. The minimum atomic E-state index is -1.43. The molecule has 162 valence electrons. The van der Waals surface area contributed by atoms with E-state index in [0.717, 1.165) is 17.2 Å². The molecule has 1 saturated heterocycles. The van der Waals surface area contributed by atoms with Crippen LogP contribution in [0, 0.1) is 31.1 Å². The molecule has 1 aliphatic heterocycles. The van der Waals surface area contributed by atoms with Crippen LogP contribution in [0.3, 0.4) is 0 Å². The molecular weight excluding hydrogens is 471 g/mol. The van der Waals surface area contributed by atoms with Crippen LogP contribution < -0.4 is 15.5 Å². The van der Waals surface area contributed by atoms with Gasteiger partial charge in [0.2, 0.25) is 11.8 Å². The van der Waals surface area contributed by atoms with Gasteiger partial charge in [-0.3, -0.25) is 19.3 Å². The molecule has 1 atom stereocenters. The molecule has 1 fully saturated rings. The highest BCUT2D eigenvalue weighted by atomic mass is 35.5. The third kappa shape index (κ3) is 4.65. The molecule has 1 heterocycles. The van der Waals surface area contributed by atoms with E-state index in [-0.39, 0.29) is 20.8 Å². The number of benzene rings is 2. The van der Waals surface area contributed by atoms with Crippen molar-refractivity contribution < 1.29 is 14.4 Å². The summed E-state index contributed by atoms with van der Waals surface area (Å²) >= 11 is 17.2. The van der Waals surface area contributed by atoms with Crippen molar-refractivity contribution >= 4 is 69.6 Å². The minimum absolute atomic E-state index is 0.0819. The average Bonchev–Trinajstić information content (AvgIpc) is 2.73. The number of thiocarbonyl (C=S) groups is 1. The van der Waals surface area contributed by atoms with Crippen molar-refractivity contribution in [1.82, 2.24) is 5.32 Å². The molecule has 2 aromatic carbocycles. The highest BCUT2D eigenvalue weighted by molar-refractivity contribution is 7.80. The Bertz CT molecular complexity index is 1240. The van der Waals surface area contributed by atoms with Gasteiger partial charge < -0.3 is 10.6 Å². The lowest BCUT2D eigenvalue weighted by Crippen LogP contribution is -2.57. The Morgan fingerprint density at radius 1 is 1.22 bits per heavy atom. The molecule has 0 aromatic heterocycles. The van der Waals surface area contributed by atoms with Crippen molar-refractivity contribution in [2.45, 2.75) is 13.8 Å². The fraction of sp³-hybridized carbons (Fsp3) is 0.136. The van der Waals surface area contributed by atoms with E-state index in [1.165, 1.54) is 17.0 Å². The number of nitrogens with zero attached hydrogens (tertiary/aromatic N) is 2. The Hall–Kier alpha value is -3.25. The van der Waals surface area contributed by atoms with Gasteiger partial charge >= 0.3 is 0 Å². The van der Waals surface area contributed by atoms with Gasteiger partial charge in [0.1, 0.15) is 17.6 Å². The van der Waals surface area contributed by atoms with E-state index in [1.807, 2.05) is 19.9 Å². The van der Waals surface area contributed by atoms with Crippen molar-refractivity contribution in [3.8, 4) is 6.07 Å². The molecule has 2 N–H and O–H groups in total. The lowest BCUT2D eigenvalue weighted by molar-refractivity contribution is -0.131. The molecule has 7 nitrogen and oxygen atoms in total. The van der Waals surface area contributed by atoms with E-state index in [4.69, 9.17) is 35.4 Å². The summed E-state index contributed by atoms with van der Waals surface area (Å²) in [6, 6.07) is 11.6. The number of amides is 3. The summed E-state index contributed by atoms with van der Waals surface area (Å²) in [4.78, 5) is 39.4. The number of halogens is 2. The molecule has 10 heteroatoms. The van der Waals surface area contributed by atoms with Gasteiger partial charge in [-0.1, -0.05) is 35.3 Å². The van der Waals surface area contributed by atoms with Gasteiger partial charge in [0.05, 0.1) is 21.4 Å². The number of hydrogen-bond acceptors (Lipinski definition) is 5. The second-order valence-electron chi connectivity index (χ2n) is 6.96. The topological polar surface area (TPSA) is 102 Å². The minimum Gasteiger partial charge on any atom is -0.320 e. The van der Waals surface area contributed by atoms with E-state index >= 15 is 0 Å². The molecule has 1 aliphatic rings. The van der Waals surface area contributed by atoms with Crippen LogP contribution in [0.5, 0.6) is 0 Å². The lowest BCUT2D eigenvalue weighted by Gasteiger charge is -2.31. The summed E-state index contributed by atoms with van der Waals surface area (Å²) in [7, 11) is 0. The number of anilines is 2. The molecule has 0 unspecified atom stereocenters. The Labute approximate surface area is 199 Å². The van der Waals surface area contributed by atoms with Crippen LogP contribution >= 0.6 is 35.4 Å². The Balaban J connectivity index is 1.92. The average molecular weight is 487 g/mol. The summed E-state index contributed by atoms with van der Waals surface area (Å²) in [5.41, 5.74) is 2.16. The largest absolute Gasteiger partial charge is 0.320 e. The number of nitrogens with one attached hydrogen (secondary N) is 2. The number of carbonyl (C=O) groups excluding carboxylic acids is 3. The molecule has 3 amide bonds. The third-order valence-electron chi connectivity index (χ3n) is 4.85. The zero-order valence-electron chi connectivity index (χ0n) is 16.9. The standard InChI is InChI=1S/C22H16Cl2N4O3S/c1-11-6-7-14(8-12(11)2)28-21(31)15(20(30)27-22(28)32)9-13(10-25)19(29)26-17-5-3-4-16(23)18(17)24/h3-9,15H,1-2H3,(H,26,29)(H,27,30,32)/b13-9+/t15-/m1/s1. The van der Waals surface area contributed by atoms with Crippen LogP contribution in [0.15, 0.2) is 48.0 Å². The predicted molar refractivity (Wildman–Crippen MR) is 126 cm³/mol. The molecular formula is C22H16Cl2N4O3S. The molecule has 0 spiro atoms. The van der Waals surface area contributed by atoms with Gasteiger partial charge in [0.25, 0.3) is 5.91 Å². The van der Waals surface area contributed by atoms with Crippen LogP contribution in [-0.4, -0.2) is 22.8 Å². The van der Waals surface area contributed by atoms with E-state index in [0.29, 0.717) is 5.69 Å². The number of aryl methyl sites for hydroxylation is 2. The summed E-state index contributed by atoms with van der Waals surface area (Å²) < 4.78 is 0. The van der Waals surface area contributed by atoms with Crippen molar-refractivity contribution in [2.75, 3.05) is 10.2 Å². The fourth-order valence-electron chi connectivity index (χ4n) is 2.97. The lowest BCUT2D eigenvalue weighted by atomic mass is 10.00. The quantitative estimate of drug-likeness (QED) is 0.293. The summed E-state index contributed by atoms with van der Waals surface area (Å²) in [6.07, 6.45) is 1.00. The van der Waals surface area contributed by atoms with Crippen LogP contribution in [0.4, 0.5) is 11.4 Å². The van der Waals surface area contributed by atoms with Crippen LogP contribution in [0.1, 0.15) is 11.1 Å². The van der Waals surface area contributed by atoms with Crippen molar-refractivity contribution in [3.63, 3.8) is 0 Å². The molecule has 0 bridgehead atoms. The second kappa shape index (κ2) is 9.49. The first-order valence-electron chi connectivity index (χ1n) is 9.27. The van der Waals surface area contributed by atoms with Crippen molar-refractivity contribution in [1.29, 1.82) is 5.26 Å². The monoisotopic (exact) mass is 486 g/mol.